The van der Waals surface area contributed by atoms with Crippen LogP contribution in [0.15, 0.2) is 66.9 Å². The third kappa shape index (κ3) is 7.16. The number of halogens is 21. The van der Waals surface area contributed by atoms with E-state index >= 15 is 35.1 Å². The highest BCUT2D eigenvalue weighted by Crippen LogP contribution is 2.31. The smallest absolute Gasteiger partial charge is 0.207 e. The van der Waals surface area contributed by atoms with Crippen LogP contribution >= 0.6 is 11.6 Å². The fourth-order valence-corrected chi connectivity index (χ4v) is 7.26. The first kappa shape index (κ1) is 46.2. The monoisotopic (exact) mass is 933 g/mol. The molecule has 0 bridgehead atoms. The van der Waals surface area contributed by atoms with E-state index in [1.54, 1.807) is 0 Å². The molecule has 1 aromatic heterocycles. The molecular weight excluding hydrogens is 921 g/mol. The van der Waals surface area contributed by atoms with Crippen LogP contribution in [-0.4, -0.2) is 6.15 Å². The highest BCUT2D eigenvalue weighted by Gasteiger charge is 2.52. The molecule has 0 aliphatic heterocycles. The Morgan fingerprint density at radius 3 is 0.921 bits per heavy atom. The Bertz CT molecular complexity index is 2620. The molecule has 1 nitrogen and oxygen atoms in total. The van der Waals surface area contributed by atoms with Crippen LogP contribution in [0.25, 0.3) is 10.9 Å². The van der Waals surface area contributed by atoms with E-state index in [0.29, 0.717) is 0 Å². The quantitative estimate of drug-likeness (QED) is 0.0515. The Morgan fingerprint density at radius 1 is 0.333 bits per heavy atom. The number of hydrogen-bond donors (Lipinski definition) is 0. The van der Waals surface area contributed by atoms with Gasteiger partial charge in [-0.05, 0) is 6.07 Å². The highest BCUT2D eigenvalue weighted by molar-refractivity contribution is 7.20. The van der Waals surface area contributed by atoms with Gasteiger partial charge in [0.15, 0.2) is 82.5 Å². The van der Waals surface area contributed by atoms with Gasteiger partial charge in [0, 0.05) is 17.7 Å². The molecule has 0 spiro atoms. The summed E-state index contributed by atoms with van der Waals surface area (Å²) in [7, 11) is 0. The van der Waals surface area contributed by atoms with Crippen molar-refractivity contribution in [3.63, 3.8) is 0 Å². The molecule has 0 saturated carbocycles. The second-order valence-corrected chi connectivity index (χ2v) is 13.5. The van der Waals surface area contributed by atoms with Gasteiger partial charge in [0.05, 0.1) is 10.4 Å². The van der Waals surface area contributed by atoms with Crippen LogP contribution in [0.5, 0.6) is 0 Å². The van der Waals surface area contributed by atoms with Gasteiger partial charge in [-0.2, -0.15) is 4.57 Å². The van der Waals surface area contributed by atoms with E-state index in [9.17, 15) is 52.7 Å². The van der Waals surface area contributed by atoms with Gasteiger partial charge in [-0.3, -0.25) is 0 Å². The van der Waals surface area contributed by atoms with E-state index in [1.807, 2.05) is 30.5 Å². The van der Waals surface area contributed by atoms with Gasteiger partial charge in [-0.15, -0.1) is 21.9 Å². The van der Waals surface area contributed by atoms with E-state index in [1.165, 1.54) is 5.56 Å². The summed E-state index contributed by atoms with van der Waals surface area (Å²) in [5.74, 6) is -71.4. The van der Waals surface area contributed by atoms with Crippen LogP contribution in [0, 0.1) is 116 Å². The van der Waals surface area contributed by atoms with Crippen molar-refractivity contribution in [2.75, 3.05) is 0 Å². The SMILES string of the molecule is Clc1cc[n+](Cc2ccccc2)c2ccccc12.Fc1c(F)c(F)c([B-](c2c(F)c(F)c(F)c(F)c2F)(c2c(F)c(F)c(F)c(F)c2F)c2c(F)c(F)c(F)c(F)c2F)c(F)c1F. The van der Waals surface area contributed by atoms with Crippen LogP contribution in [0.1, 0.15) is 5.56 Å². The number of aromatic nitrogens is 1. The Morgan fingerprint density at radius 2 is 0.603 bits per heavy atom. The summed E-state index contributed by atoms with van der Waals surface area (Å²) in [6, 6.07) is 20.6. The van der Waals surface area contributed by atoms with Gasteiger partial charge < -0.3 is 0 Å². The minimum absolute atomic E-state index is 0.801. The average molecular weight is 934 g/mol. The first-order valence-electron chi connectivity index (χ1n) is 16.9. The van der Waals surface area contributed by atoms with Gasteiger partial charge in [0.2, 0.25) is 5.52 Å². The van der Waals surface area contributed by atoms with Crippen LogP contribution in [0.4, 0.5) is 87.8 Å². The summed E-state index contributed by atoms with van der Waals surface area (Å²) >= 11 is 6.22. The van der Waals surface area contributed by atoms with Crippen LogP contribution in [0.3, 0.4) is 0 Å². The van der Waals surface area contributed by atoms with Gasteiger partial charge in [0.25, 0.3) is 0 Å². The molecule has 1 heterocycles. The van der Waals surface area contributed by atoms with E-state index in [2.05, 4.69) is 41.0 Å². The van der Waals surface area contributed by atoms with Crippen molar-refractivity contribution >= 4 is 50.5 Å². The Hall–Kier alpha value is -6.32. The minimum Gasteiger partial charge on any atom is -0.207 e. The first-order chi connectivity index (χ1) is 29.5. The summed E-state index contributed by atoms with van der Waals surface area (Å²) in [4.78, 5) is 0. The van der Waals surface area contributed by atoms with Crippen molar-refractivity contribution in [2.24, 2.45) is 0 Å². The van der Waals surface area contributed by atoms with Crippen molar-refractivity contribution in [1.29, 1.82) is 0 Å². The molecule has 0 fully saturated rings. The molecule has 7 aromatic rings. The number of pyridine rings is 1. The number of hydrogen-bond acceptors (Lipinski definition) is 0. The summed E-state index contributed by atoms with van der Waals surface area (Å²) in [5.41, 5.74) is -11.9. The molecule has 0 saturated heterocycles. The summed E-state index contributed by atoms with van der Waals surface area (Å²) in [6.45, 7) is 0.860. The predicted molar refractivity (Wildman–Crippen MR) is 184 cm³/mol. The second-order valence-electron chi connectivity index (χ2n) is 13.1. The van der Waals surface area contributed by atoms with Gasteiger partial charge >= 0.3 is 0 Å². The number of benzene rings is 6. The third-order valence-corrected chi connectivity index (χ3v) is 10.1. The molecule has 0 unspecified atom stereocenters. The van der Waals surface area contributed by atoms with Crippen LogP contribution in [-0.2, 0) is 6.54 Å². The maximum absolute atomic E-state index is 15.4. The lowest BCUT2D eigenvalue weighted by atomic mass is 9.12. The van der Waals surface area contributed by atoms with E-state index in [-0.39, 0.29) is 0 Å². The standard InChI is InChI=1S/C24BF20.C16H13ClN/c26-5-1(6(27)14(35)21(42)13(5)34)25(2-7(28)15(36)22(43)16(37)8(2)29,3-9(30)17(38)23(44)18(39)10(3)31)4-11(32)19(40)24(45)20(41)12(4)33;17-15-10-11-18(12-13-6-2-1-3-7-13)16-9-5-4-8-14(15)16/h;1-11H,12H2/q-1;+1. The molecule has 63 heavy (non-hydrogen) atoms. The maximum Gasteiger partial charge on any atom is 0.214 e. The highest BCUT2D eigenvalue weighted by atomic mass is 35.5. The van der Waals surface area contributed by atoms with E-state index in [4.69, 9.17) is 11.6 Å². The summed E-state index contributed by atoms with van der Waals surface area (Å²) < 4.78 is 296. The van der Waals surface area contributed by atoms with Crippen molar-refractivity contribution in [3.8, 4) is 0 Å². The first-order valence-corrected chi connectivity index (χ1v) is 17.3. The lowest BCUT2D eigenvalue weighted by Crippen LogP contribution is -2.81. The number of para-hydroxylation sites is 1. The topological polar surface area (TPSA) is 3.88 Å². The van der Waals surface area contributed by atoms with Gasteiger partial charge in [-0.1, -0.05) is 54.1 Å². The molecule has 328 valence electrons. The average Bonchev–Trinajstić information content (AvgIpc) is 3.28. The molecule has 6 aromatic carbocycles. The zero-order chi connectivity index (χ0) is 46.7. The van der Waals surface area contributed by atoms with Gasteiger partial charge in [-0.25, -0.2) is 87.8 Å². The fraction of sp³-hybridized carbons (Fsp3) is 0.0250. The molecule has 0 N–H and O–H groups in total. The van der Waals surface area contributed by atoms with Crippen molar-refractivity contribution in [3.05, 3.63) is 194 Å². The van der Waals surface area contributed by atoms with E-state index in [0.717, 1.165) is 22.5 Å². The Labute approximate surface area is 342 Å². The molecular formula is C40H13BClF20N. The Balaban J connectivity index is 0.000000302. The Kier molecular flexibility index (Phi) is 12.5. The van der Waals surface area contributed by atoms with Gasteiger partial charge in [0.1, 0.15) is 52.7 Å². The molecule has 0 atom stereocenters. The zero-order valence-corrected chi connectivity index (χ0v) is 30.8. The largest absolute Gasteiger partial charge is 0.214 e. The number of rotatable bonds is 6. The molecule has 0 aliphatic rings. The number of fused-ring (bicyclic) bond motifs is 1. The second kappa shape index (κ2) is 17.1. The fourth-order valence-electron chi connectivity index (χ4n) is 7.04. The summed E-state index contributed by atoms with van der Waals surface area (Å²) in [5, 5.41) is 1.90. The van der Waals surface area contributed by atoms with Crippen molar-refractivity contribution in [1.82, 2.24) is 0 Å². The lowest BCUT2D eigenvalue weighted by Gasteiger charge is -2.44. The number of nitrogens with zero attached hydrogens (tertiary/aromatic N) is 1. The summed E-state index contributed by atoms with van der Waals surface area (Å²) in [6.07, 6.45) is -5.18. The third-order valence-electron chi connectivity index (χ3n) is 9.77. The van der Waals surface area contributed by atoms with E-state index < -0.39 is 144 Å². The van der Waals surface area contributed by atoms with Crippen LogP contribution in [0.2, 0.25) is 5.02 Å². The van der Waals surface area contributed by atoms with Crippen molar-refractivity contribution < 1.29 is 92.4 Å². The molecule has 7 rings (SSSR count). The lowest BCUT2D eigenvalue weighted by molar-refractivity contribution is -0.662. The van der Waals surface area contributed by atoms with Crippen LogP contribution < -0.4 is 26.4 Å². The van der Waals surface area contributed by atoms with Crippen molar-refractivity contribution in [2.45, 2.75) is 6.54 Å². The normalized spacial score (nSPS) is 11.6. The molecule has 0 amide bonds. The zero-order valence-electron chi connectivity index (χ0n) is 30.0. The molecule has 0 radical (unpaired) electrons. The molecule has 0 aliphatic carbocycles. The minimum atomic E-state index is -7.22. The maximum atomic E-state index is 15.4. The predicted octanol–water partition coefficient (Wildman–Crippen LogP) is 9.67. The molecule has 23 heteroatoms.